The van der Waals surface area contributed by atoms with Crippen molar-refractivity contribution in [1.82, 2.24) is 0 Å². The molecule has 0 N–H and O–H groups in total. The van der Waals surface area contributed by atoms with Crippen LogP contribution in [0.2, 0.25) is 0 Å². The van der Waals surface area contributed by atoms with Crippen LogP contribution in [0, 0.1) is 19.7 Å². The molecule has 0 aliphatic carbocycles. The molecule has 0 aromatic heterocycles. The highest BCUT2D eigenvalue weighted by molar-refractivity contribution is 5.76. The van der Waals surface area contributed by atoms with Gasteiger partial charge in [0.05, 0.1) is 0 Å². The molecule has 9 radical (unpaired) electrons. The molecule has 21 heavy (non-hydrogen) atoms. The minimum absolute atomic E-state index is 0. The summed E-state index contributed by atoms with van der Waals surface area (Å²) in [5.41, 5.74) is 14.4. The first-order valence-corrected chi connectivity index (χ1v) is 4.73. The van der Waals surface area contributed by atoms with E-state index < -0.39 is 0 Å². The van der Waals surface area contributed by atoms with Crippen LogP contribution in [0.1, 0.15) is 4.28 Å². The van der Waals surface area contributed by atoms with Crippen LogP contribution < -0.4 is 31.3 Å². The van der Waals surface area contributed by atoms with Crippen molar-refractivity contribution in [2.45, 2.75) is 0 Å². The van der Waals surface area contributed by atoms with Gasteiger partial charge in [-0.05, 0) is 0 Å². The third kappa shape index (κ3) is 5.05. The lowest BCUT2D eigenvalue weighted by molar-refractivity contribution is 1.33. The molecule has 0 nitrogen and oxygen atoms in total. The zero-order valence-corrected chi connectivity index (χ0v) is 14.7. The molecule has 0 aliphatic heterocycles. The molecule has 3 heteroatoms. The first-order chi connectivity index (χ1) is 8.58. The van der Waals surface area contributed by atoms with Gasteiger partial charge in [0, 0.05) is 72.0 Å². The van der Waals surface area contributed by atoms with Gasteiger partial charge >= 0.3 is 0 Å². The highest BCUT2D eigenvalue weighted by atomic mass is 27.0. The maximum atomic E-state index is 5.87. The fourth-order valence-electron chi connectivity index (χ4n) is 1.43. The number of hydrogen-bond acceptors (Lipinski definition) is 0. The van der Waals surface area contributed by atoms with E-state index in [0.717, 1.165) is 0 Å². The Kier molecular flexibility index (Phi) is 13.0. The average molecular weight is 309 g/mol. The molecular formula is C18H12Al3. The van der Waals surface area contributed by atoms with E-state index in [-0.39, 0.29) is 72.0 Å². The SMILES string of the molecule is [Al].[Al].[Al].[CH+]=C=C=c1c(=[CH-])c(=C=C=[CH+])c(=[CH-])c(=C=C=[CH+])c1=[CH-].[HH].[HH].[HH]. The van der Waals surface area contributed by atoms with Crippen molar-refractivity contribution < 1.29 is 4.28 Å². The number of benzene rings is 1. The van der Waals surface area contributed by atoms with E-state index in [9.17, 15) is 0 Å². The molecule has 0 fully saturated rings. The zero-order valence-electron chi connectivity index (χ0n) is 11.2. The standard InChI is InChI=1S/C18H6.3Al.3H2/c1-7-10-16-13(4)17(11-8-2)15(6)18(12-9-3)14(16)5;;;;;;/h1-6H;;;;3*1H. The van der Waals surface area contributed by atoms with E-state index in [1.54, 1.807) is 0 Å². The Bertz CT molecular complexity index is 863. The van der Waals surface area contributed by atoms with Gasteiger partial charge in [-0.2, -0.15) is 0 Å². The summed E-state index contributed by atoms with van der Waals surface area (Å²) in [5, 5.41) is 1.56. The highest BCUT2D eigenvalue weighted by Crippen LogP contribution is 1.45. The molecule has 0 bridgehead atoms. The summed E-state index contributed by atoms with van der Waals surface area (Å²) in [7, 11) is 0. The van der Waals surface area contributed by atoms with Gasteiger partial charge in [0.2, 0.25) is 0 Å². The van der Waals surface area contributed by atoms with Crippen LogP contribution in [0.5, 0.6) is 0 Å². The van der Waals surface area contributed by atoms with Crippen LogP contribution in [-0.2, 0) is 0 Å². The Balaban J connectivity index is -0.000000135. The third-order valence-electron chi connectivity index (χ3n) is 2.21. The van der Waals surface area contributed by atoms with Gasteiger partial charge in [0.1, 0.15) is 36.9 Å². The predicted molar refractivity (Wildman–Crippen MR) is 94.9 cm³/mol. The van der Waals surface area contributed by atoms with Crippen molar-refractivity contribution in [1.29, 1.82) is 0 Å². The summed E-state index contributed by atoms with van der Waals surface area (Å²) in [6.07, 6.45) is 0. The van der Waals surface area contributed by atoms with E-state index in [1.165, 1.54) is 0 Å². The van der Waals surface area contributed by atoms with Crippen molar-refractivity contribution in [3.63, 3.8) is 0 Å². The lowest BCUT2D eigenvalue weighted by atomic mass is 10.1. The molecule has 0 spiro atoms. The summed E-state index contributed by atoms with van der Waals surface area (Å²) < 4.78 is 0. The largest absolute Gasteiger partial charge is 0.213 e. The van der Waals surface area contributed by atoms with Gasteiger partial charge in [-0.15, -0.1) is 15.7 Å². The predicted octanol–water partition coefficient (Wildman–Crippen LogP) is -2.28. The van der Waals surface area contributed by atoms with Crippen LogP contribution >= 0.6 is 0 Å². The van der Waals surface area contributed by atoms with Crippen LogP contribution in [0.3, 0.4) is 0 Å². The summed E-state index contributed by atoms with van der Waals surface area (Å²) in [6.45, 7) is 33.1. The Morgan fingerprint density at radius 3 is 0.905 bits per heavy atom. The molecule has 0 amide bonds. The normalized spacial score (nSPS) is 6.71. The van der Waals surface area contributed by atoms with Gasteiger partial charge < -0.3 is 0 Å². The Labute approximate surface area is 161 Å². The van der Waals surface area contributed by atoms with Crippen LogP contribution in [0.25, 0.3) is 36.9 Å². The van der Waals surface area contributed by atoms with Crippen molar-refractivity contribution in [2.24, 2.45) is 0 Å². The lowest BCUT2D eigenvalue weighted by Gasteiger charge is -1.97. The van der Waals surface area contributed by atoms with Crippen LogP contribution in [0.4, 0.5) is 0 Å². The van der Waals surface area contributed by atoms with E-state index in [1.807, 2.05) is 0 Å². The molecule has 0 unspecified atom stereocenters. The minimum Gasteiger partial charge on any atom is -0.213 e. The minimum atomic E-state index is 0. The molecular weight excluding hydrogens is 297 g/mol. The molecule has 0 saturated heterocycles. The van der Waals surface area contributed by atoms with Crippen LogP contribution in [-0.4, -0.2) is 52.1 Å². The van der Waals surface area contributed by atoms with E-state index >= 15 is 0 Å². The van der Waals surface area contributed by atoms with Crippen molar-refractivity contribution >= 4 is 89.0 Å². The Morgan fingerprint density at radius 2 is 0.762 bits per heavy atom. The van der Waals surface area contributed by atoms with Crippen molar-refractivity contribution in [3.05, 3.63) is 68.2 Å². The average Bonchev–Trinajstić information content (AvgIpc) is 2.35. The van der Waals surface area contributed by atoms with Gasteiger partial charge in [-0.1, -0.05) is 0 Å². The number of rotatable bonds is 0. The molecule has 0 saturated carbocycles. The molecule has 1 aromatic rings. The molecule has 1 aromatic carbocycles. The molecule has 1 rings (SSSR count). The quantitative estimate of drug-likeness (QED) is 0.288. The fourth-order valence-corrected chi connectivity index (χ4v) is 1.43. The zero-order chi connectivity index (χ0) is 13.7. The third-order valence-corrected chi connectivity index (χ3v) is 2.21. The summed E-state index contributed by atoms with van der Waals surface area (Å²) in [4.78, 5) is 0. The first-order valence-electron chi connectivity index (χ1n) is 4.73. The van der Waals surface area contributed by atoms with Gasteiger partial charge in [-0.3, -0.25) is 0 Å². The molecule has 93 valence electrons. The van der Waals surface area contributed by atoms with Crippen molar-refractivity contribution in [3.8, 4) is 0 Å². The number of hydrogen-bond donors (Lipinski definition) is 0. The second-order valence-electron chi connectivity index (χ2n) is 3.17. The fraction of sp³-hybridized carbons (Fsp3) is 0. The second kappa shape index (κ2) is 11.1. The molecule has 0 aliphatic rings. The molecule has 0 atom stereocenters. The summed E-state index contributed by atoms with van der Waals surface area (Å²) >= 11 is 0. The van der Waals surface area contributed by atoms with Crippen LogP contribution in [0.15, 0.2) is 17.2 Å². The topological polar surface area (TPSA) is 0 Å². The second-order valence-corrected chi connectivity index (χ2v) is 3.17. The van der Waals surface area contributed by atoms with E-state index in [2.05, 4.69) is 34.4 Å². The molecule has 0 heterocycles. The van der Waals surface area contributed by atoms with Gasteiger partial charge in [0.15, 0.2) is 17.2 Å². The first kappa shape index (κ1) is 24.5. The highest BCUT2D eigenvalue weighted by Gasteiger charge is 1.89. The smallest absolute Gasteiger partial charge is 0.198 e. The maximum absolute atomic E-state index is 5.87. The Hall–Kier alpha value is -1.55. The maximum Gasteiger partial charge on any atom is 0.198 e. The summed E-state index contributed by atoms with van der Waals surface area (Å²) in [6, 6.07) is 0. The lowest BCUT2D eigenvalue weighted by Crippen LogP contribution is -2.63. The summed E-state index contributed by atoms with van der Waals surface area (Å²) in [5.74, 6) is 0. The van der Waals surface area contributed by atoms with E-state index in [4.69, 9.17) is 39.5 Å². The van der Waals surface area contributed by atoms with E-state index in [0.29, 0.717) is 15.7 Å². The van der Waals surface area contributed by atoms with Gasteiger partial charge in [-0.25, -0.2) is 19.7 Å². The monoisotopic (exact) mass is 309 g/mol. The van der Waals surface area contributed by atoms with Crippen molar-refractivity contribution in [2.75, 3.05) is 0 Å². The Morgan fingerprint density at radius 1 is 0.571 bits per heavy atom. The van der Waals surface area contributed by atoms with Gasteiger partial charge in [0.25, 0.3) is 0 Å².